The van der Waals surface area contributed by atoms with Crippen molar-refractivity contribution in [3.63, 3.8) is 0 Å². The monoisotopic (exact) mass is 370 g/mol. The SMILES string of the molecule is O=C(NC1CCCCCC1)c1ccc(Cl)c(S(=O)(=O)NC2CC2)c1. The Bertz CT molecular complexity index is 709. The van der Waals surface area contributed by atoms with Crippen LogP contribution < -0.4 is 10.0 Å². The lowest BCUT2D eigenvalue weighted by atomic mass is 10.1. The largest absolute Gasteiger partial charge is 0.349 e. The van der Waals surface area contributed by atoms with Crippen molar-refractivity contribution in [3.8, 4) is 0 Å². The first kappa shape index (κ1) is 17.7. The second-order valence-electron chi connectivity index (χ2n) is 6.70. The molecule has 5 nitrogen and oxygen atoms in total. The highest BCUT2D eigenvalue weighted by Gasteiger charge is 2.29. The maximum absolute atomic E-state index is 12.5. The second kappa shape index (κ2) is 7.42. The van der Waals surface area contributed by atoms with Crippen LogP contribution in [0.1, 0.15) is 61.7 Å². The molecule has 0 unspecified atom stereocenters. The number of nitrogens with one attached hydrogen (secondary N) is 2. The number of hydrogen-bond donors (Lipinski definition) is 2. The van der Waals surface area contributed by atoms with Gasteiger partial charge in [0.05, 0.1) is 5.02 Å². The highest BCUT2D eigenvalue weighted by molar-refractivity contribution is 7.89. The molecule has 1 aromatic carbocycles. The molecule has 2 fully saturated rings. The number of rotatable bonds is 5. The summed E-state index contributed by atoms with van der Waals surface area (Å²) in [6, 6.07) is 4.59. The fraction of sp³-hybridized carbons (Fsp3) is 0.588. The highest BCUT2D eigenvalue weighted by Crippen LogP contribution is 2.27. The summed E-state index contributed by atoms with van der Waals surface area (Å²) in [5.41, 5.74) is 0.333. The van der Waals surface area contributed by atoms with E-state index in [9.17, 15) is 13.2 Å². The Morgan fingerprint density at radius 2 is 1.67 bits per heavy atom. The van der Waals surface area contributed by atoms with E-state index in [-0.39, 0.29) is 27.9 Å². The van der Waals surface area contributed by atoms with Gasteiger partial charge in [0.1, 0.15) is 4.90 Å². The summed E-state index contributed by atoms with van der Waals surface area (Å²) in [6.07, 6.45) is 8.32. The van der Waals surface area contributed by atoms with Crippen LogP contribution in [0.4, 0.5) is 0 Å². The summed E-state index contributed by atoms with van der Waals surface area (Å²) in [7, 11) is -3.68. The molecule has 132 valence electrons. The molecule has 2 aliphatic rings. The molecule has 1 amide bonds. The van der Waals surface area contributed by atoms with Crippen molar-refractivity contribution >= 4 is 27.5 Å². The van der Waals surface area contributed by atoms with Crippen LogP contribution in [0.3, 0.4) is 0 Å². The molecule has 3 rings (SSSR count). The van der Waals surface area contributed by atoms with Gasteiger partial charge in [-0.05, 0) is 43.9 Å². The van der Waals surface area contributed by atoms with E-state index in [0.717, 1.165) is 38.5 Å². The quantitative estimate of drug-likeness (QED) is 0.781. The van der Waals surface area contributed by atoms with Gasteiger partial charge in [-0.3, -0.25) is 4.79 Å². The zero-order chi connectivity index (χ0) is 17.2. The normalized spacial score (nSPS) is 19.7. The first-order valence-corrected chi connectivity index (χ1v) is 10.4. The Kier molecular flexibility index (Phi) is 5.47. The van der Waals surface area contributed by atoms with Crippen molar-refractivity contribution in [2.75, 3.05) is 0 Å². The Balaban J connectivity index is 1.75. The summed E-state index contributed by atoms with van der Waals surface area (Å²) < 4.78 is 27.4. The topological polar surface area (TPSA) is 75.3 Å². The number of carbonyl (C=O) groups excluding carboxylic acids is 1. The van der Waals surface area contributed by atoms with E-state index < -0.39 is 10.0 Å². The molecule has 2 saturated carbocycles. The van der Waals surface area contributed by atoms with Gasteiger partial charge in [-0.15, -0.1) is 0 Å². The fourth-order valence-electron chi connectivity index (χ4n) is 3.03. The molecule has 2 aliphatic carbocycles. The van der Waals surface area contributed by atoms with E-state index in [0.29, 0.717) is 5.56 Å². The van der Waals surface area contributed by atoms with Crippen molar-refractivity contribution in [2.24, 2.45) is 0 Å². The number of amides is 1. The van der Waals surface area contributed by atoms with E-state index in [1.807, 2.05) is 0 Å². The van der Waals surface area contributed by atoms with Crippen LogP contribution in [-0.2, 0) is 10.0 Å². The van der Waals surface area contributed by atoms with Gasteiger partial charge in [-0.1, -0.05) is 37.3 Å². The molecule has 7 heteroatoms. The van der Waals surface area contributed by atoms with E-state index >= 15 is 0 Å². The standard InChI is InChI=1S/C17H23ClN2O3S/c18-15-10-7-12(11-16(15)24(22,23)20-14-8-9-14)17(21)19-13-5-3-1-2-4-6-13/h7,10-11,13-14,20H,1-6,8-9H2,(H,19,21). The Morgan fingerprint density at radius 1 is 1.00 bits per heavy atom. The minimum atomic E-state index is -3.68. The smallest absolute Gasteiger partial charge is 0.251 e. The van der Waals surface area contributed by atoms with Crippen LogP contribution in [0, 0.1) is 0 Å². The number of carbonyl (C=O) groups is 1. The molecule has 0 spiro atoms. The summed E-state index contributed by atoms with van der Waals surface area (Å²) in [4.78, 5) is 12.5. The molecule has 1 aromatic rings. The van der Waals surface area contributed by atoms with Gasteiger partial charge in [0, 0.05) is 17.6 Å². The number of benzene rings is 1. The third-order valence-electron chi connectivity index (χ3n) is 4.57. The molecule has 24 heavy (non-hydrogen) atoms. The van der Waals surface area contributed by atoms with Crippen molar-refractivity contribution in [2.45, 2.75) is 68.3 Å². The Hall–Kier alpha value is -1.11. The van der Waals surface area contributed by atoms with Crippen LogP contribution in [-0.4, -0.2) is 26.4 Å². The van der Waals surface area contributed by atoms with Gasteiger partial charge in [-0.2, -0.15) is 0 Å². The number of sulfonamides is 1. The lowest BCUT2D eigenvalue weighted by molar-refractivity contribution is 0.0933. The summed E-state index contributed by atoms with van der Waals surface area (Å²) in [5.74, 6) is -0.235. The highest BCUT2D eigenvalue weighted by atomic mass is 35.5. The zero-order valence-corrected chi connectivity index (χ0v) is 15.1. The molecule has 0 aromatic heterocycles. The predicted molar refractivity (Wildman–Crippen MR) is 93.8 cm³/mol. The zero-order valence-electron chi connectivity index (χ0n) is 13.6. The molecular weight excluding hydrogens is 348 g/mol. The van der Waals surface area contributed by atoms with Crippen LogP contribution in [0.25, 0.3) is 0 Å². The van der Waals surface area contributed by atoms with Gasteiger partial charge in [0.25, 0.3) is 5.91 Å². The Morgan fingerprint density at radius 3 is 2.29 bits per heavy atom. The number of hydrogen-bond acceptors (Lipinski definition) is 3. The maximum atomic E-state index is 12.5. The summed E-state index contributed by atoms with van der Waals surface area (Å²) >= 11 is 6.05. The van der Waals surface area contributed by atoms with Gasteiger partial charge < -0.3 is 5.32 Å². The third kappa shape index (κ3) is 4.49. The Labute approximate surface area is 148 Å². The lowest BCUT2D eigenvalue weighted by Gasteiger charge is -2.17. The van der Waals surface area contributed by atoms with Crippen molar-refractivity contribution in [1.82, 2.24) is 10.0 Å². The van der Waals surface area contributed by atoms with Crippen LogP contribution in [0.2, 0.25) is 5.02 Å². The van der Waals surface area contributed by atoms with Crippen LogP contribution in [0.5, 0.6) is 0 Å². The first-order chi connectivity index (χ1) is 11.5. The van der Waals surface area contributed by atoms with Gasteiger partial charge in [0.15, 0.2) is 0 Å². The molecule has 0 bridgehead atoms. The van der Waals surface area contributed by atoms with Gasteiger partial charge >= 0.3 is 0 Å². The fourth-order valence-corrected chi connectivity index (χ4v) is 4.86. The van der Waals surface area contributed by atoms with Crippen molar-refractivity contribution in [1.29, 1.82) is 0 Å². The molecule has 0 radical (unpaired) electrons. The molecule has 0 aliphatic heterocycles. The predicted octanol–water partition coefficient (Wildman–Crippen LogP) is 3.23. The maximum Gasteiger partial charge on any atom is 0.251 e. The van der Waals surface area contributed by atoms with Crippen LogP contribution in [0.15, 0.2) is 23.1 Å². The summed E-state index contributed by atoms with van der Waals surface area (Å²) in [5, 5.41) is 3.16. The van der Waals surface area contributed by atoms with E-state index in [4.69, 9.17) is 11.6 Å². The van der Waals surface area contributed by atoms with Crippen molar-refractivity contribution < 1.29 is 13.2 Å². The average molecular weight is 371 g/mol. The van der Waals surface area contributed by atoms with Gasteiger partial charge in [0.2, 0.25) is 10.0 Å². The summed E-state index contributed by atoms with van der Waals surface area (Å²) in [6.45, 7) is 0. The second-order valence-corrected chi connectivity index (χ2v) is 8.79. The average Bonchev–Trinajstić information content (AvgIpc) is 3.35. The van der Waals surface area contributed by atoms with E-state index in [1.165, 1.54) is 25.0 Å². The number of halogens is 1. The van der Waals surface area contributed by atoms with E-state index in [2.05, 4.69) is 10.0 Å². The molecule has 0 heterocycles. The first-order valence-electron chi connectivity index (χ1n) is 8.58. The minimum absolute atomic E-state index is 0.00506. The van der Waals surface area contributed by atoms with E-state index in [1.54, 1.807) is 6.07 Å². The van der Waals surface area contributed by atoms with Crippen LogP contribution >= 0.6 is 11.6 Å². The third-order valence-corrected chi connectivity index (χ3v) is 6.57. The molecular formula is C17H23ClN2O3S. The minimum Gasteiger partial charge on any atom is -0.349 e. The molecule has 0 atom stereocenters. The molecule has 2 N–H and O–H groups in total. The van der Waals surface area contributed by atoms with Crippen molar-refractivity contribution in [3.05, 3.63) is 28.8 Å². The molecule has 0 saturated heterocycles. The lowest BCUT2D eigenvalue weighted by Crippen LogP contribution is -2.34. The van der Waals surface area contributed by atoms with Gasteiger partial charge in [-0.25, -0.2) is 13.1 Å².